The Bertz CT molecular complexity index is 267. The van der Waals surface area contributed by atoms with E-state index in [1.807, 2.05) is 18.2 Å². The maximum absolute atomic E-state index is 9.59. The fraction of sp³-hybridized carbons (Fsp3) is 0.583. The number of aromatic nitrogens is 1. The standard InChI is InChI=1S/C12H20N2O2/c1-2-3-8-16-10-11(15)9-14-12-6-4-5-7-13-12/h4-7,11,15H,2-3,8-10H2,1H3,(H,13,14)/t11-/m1/s1. The summed E-state index contributed by atoms with van der Waals surface area (Å²) in [5.74, 6) is 0.773. The lowest BCUT2D eigenvalue weighted by Crippen LogP contribution is -2.25. The molecule has 16 heavy (non-hydrogen) atoms. The van der Waals surface area contributed by atoms with Crippen LogP contribution in [-0.2, 0) is 4.74 Å². The Morgan fingerprint density at radius 3 is 3.06 bits per heavy atom. The first-order valence-electron chi connectivity index (χ1n) is 5.73. The summed E-state index contributed by atoms with van der Waals surface area (Å²) < 4.78 is 5.31. The van der Waals surface area contributed by atoms with Crippen LogP contribution in [0.1, 0.15) is 19.8 Å². The normalized spacial score (nSPS) is 12.4. The third-order valence-electron chi connectivity index (χ3n) is 2.14. The molecule has 0 spiro atoms. The van der Waals surface area contributed by atoms with Crippen molar-refractivity contribution in [1.82, 2.24) is 4.98 Å². The Balaban J connectivity index is 2.08. The van der Waals surface area contributed by atoms with Gasteiger partial charge in [-0.1, -0.05) is 19.4 Å². The molecule has 0 aliphatic heterocycles. The minimum Gasteiger partial charge on any atom is -0.389 e. The summed E-state index contributed by atoms with van der Waals surface area (Å²) in [4.78, 5) is 4.10. The fourth-order valence-corrected chi connectivity index (χ4v) is 1.21. The van der Waals surface area contributed by atoms with Crippen LogP contribution in [-0.4, -0.2) is 36.0 Å². The van der Waals surface area contributed by atoms with Gasteiger partial charge in [0.2, 0.25) is 0 Å². The quantitative estimate of drug-likeness (QED) is 0.660. The van der Waals surface area contributed by atoms with Crippen LogP contribution in [0, 0.1) is 0 Å². The summed E-state index contributed by atoms with van der Waals surface area (Å²) in [5.41, 5.74) is 0. The van der Waals surface area contributed by atoms with Crippen LogP contribution in [0.15, 0.2) is 24.4 Å². The summed E-state index contributed by atoms with van der Waals surface area (Å²) in [6, 6.07) is 5.62. The third kappa shape index (κ3) is 5.68. The predicted octanol–water partition coefficient (Wildman–Crippen LogP) is 1.67. The van der Waals surface area contributed by atoms with Gasteiger partial charge in [0, 0.05) is 19.3 Å². The summed E-state index contributed by atoms with van der Waals surface area (Å²) in [6.45, 7) is 3.67. The molecular formula is C12H20N2O2. The van der Waals surface area contributed by atoms with E-state index in [0.29, 0.717) is 13.2 Å². The number of hydrogen-bond donors (Lipinski definition) is 2. The molecule has 0 fully saturated rings. The Morgan fingerprint density at radius 1 is 1.50 bits per heavy atom. The monoisotopic (exact) mass is 224 g/mol. The Kier molecular flexibility index (Phi) is 6.53. The molecule has 0 bridgehead atoms. The molecule has 0 aliphatic rings. The lowest BCUT2D eigenvalue weighted by molar-refractivity contribution is 0.0421. The number of nitrogens with one attached hydrogen (secondary N) is 1. The van der Waals surface area contributed by atoms with Crippen molar-refractivity contribution in [3.8, 4) is 0 Å². The second kappa shape index (κ2) is 8.07. The van der Waals surface area contributed by atoms with Crippen molar-refractivity contribution >= 4 is 5.82 Å². The van der Waals surface area contributed by atoms with Gasteiger partial charge in [-0.05, 0) is 18.6 Å². The summed E-state index contributed by atoms with van der Waals surface area (Å²) in [7, 11) is 0. The number of ether oxygens (including phenoxy) is 1. The van der Waals surface area contributed by atoms with Gasteiger partial charge in [-0.15, -0.1) is 0 Å². The first kappa shape index (κ1) is 12.9. The van der Waals surface area contributed by atoms with E-state index in [1.54, 1.807) is 6.20 Å². The van der Waals surface area contributed by atoms with E-state index in [2.05, 4.69) is 17.2 Å². The minimum absolute atomic E-state index is 0.375. The molecule has 1 rings (SSSR count). The molecule has 0 unspecified atom stereocenters. The predicted molar refractivity (Wildman–Crippen MR) is 64.5 cm³/mol. The van der Waals surface area contributed by atoms with Crippen molar-refractivity contribution < 1.29 is 9.84 Å². The zero-order valence-electron chi connectivity index (χ0n) is 9.72. The average molecular weight is 224 g/mol. The highest BCUT2D eigenvalue weighted by molar-refractivity contribution is 5.33. The molecule has 4 nitrogen and oxygen atoms in total. The van der Waals surface area contributed by atoms with Gasteiger partial charge in [0.15, 0.2) is 0 Å². The van der Waals surface area contributed by atoms with Crippen molar-refractivity contribution in [2.24, 2.45) is 0 Å². The molecule has 0 radical (unpaired) electrons. The van der Waals surface area contributed by atoms with E-state index in [0.717, 1.165) is 25.3 Å². The first-order valence-corrected chi connectivity index (χ1v) is 5.73. The molecule has 0 amide bonds. The highest BCUT2D eigenvalue weighted by Gasteiger charge is 2.03. The zero-order valence-corrected chi connectivity index (χ0v) is 9.72. The molecule has 2 N–H and O–H groups in total. The minimum atomic E-state index is -0.487. The van der Waals surface area contributed by atoms with Crippen LogP contribution in [0.3, 0.4) is 0 Å². The van der Waals surface area contributed by atoms with Gasteiger partial charge in [-0.3, -0.25) is 0 Å². The van der Waals surface area contributed by atoms with Gasteiger partial charge in [0.05, 0.1) is 12.7 Å². The summed E-state index contributed by atoms with van der Waals surface area (Å²) >= 11 is 0. The van der Waals surface area contributed by atoms with Gasteiger partial charge < -0.3 is 15.2 Å². The smallest absolute Gasteiger partial charge is 0.125 e. The second-order valence-corrected chi connectivity index (χ2v) is 3.68. The maximum atomic E-state index is 9.59. The SMILES string of the molecule is CCCCOC[C@H](O)CNc1ccccn1. The van der Waals surface area contributed by atoms with Crippen LogP contribution in [0.5, 0.6) is 0 Å². The van der Waals surface area contributed by atoms with E-state index >= 15 is 0 Å². The molecule has 4 heteroatoms. The molecule has 0 aromatic carbocycles. The maximum Gasteiger partial charge on any atom is 0.125 e. The molecule has 0 saturated carbocycles. The van der Waals surface area contributed by atoms with Crippen molar-refractivity contribution in [2.45, 2.75) is 25.9 Å². The molecule has 0 saturated heterocycles. The van der Waals surface area contributed by atoms with Crippen LogP contribution in [0.2, 0.25) is 0 Å². The Hall–Kier alpha value is -1.13. The van der Waals surface area contributed by atoms with Crippen LogP contribution in [0.4, 0.5) is 5.82 Å². The van der Waals surface area contributed by atoms with Crippen molar-refractivity contribution in [1.29, 1.82) is 0 Å². The van der Waals surface area contributed by atoms with Gasteiger partial charge in [-0.2, -0.15) is 0 Å². The molecule has 0 aliphatic carbocycles. The number of aliphatic hydroxyl groups excluding tert-OH is 1. The van der Waals surface area contributed by atoms with Crippen LogP contribution in [0.25, 0.3) is 0 Å². The highest BCUT2D eigenvalue weighted by Crippen LogP contribution is 2.00. The molecule has 1 heterocycles. The number of hydrogen-bond acceptors (Lipinski definition) is 4. The molecular weight excluding hydrogens is 204 g/mol. The number of anilines is 1. The zero-order chi connectivity index (χ0) is 11.6. The summed E-state index contributed by atoms with van der Waals surface area (Å²) in [6.07, 6.45) is 3.38. The number of unbranched alkanes of at least 4 members (excludes halogenated alkanes) is 1. The van der Waals surface area contributed by atoms with Crippen LogP contribution >= 0.6 is 0 Å². The van der Waals surface area contributed by atoms with Crippen molar-refractivity contribution in [2.75, 3.05) is 25.1 Å². The Morgan fingerprint density at radius 2 is 2.38 bits per heavy atom. The number of rotatable bonds is 8. The van der Waals surface area contributed by atoms with E-state index in [4.69, 9.17) is 4.74 Å². The highest BCUT2D eigenvalue weighted by atomic mass is 16.5. The second-order valence-electron chi connectivity index (χ2n) is 3.68. The molecule has 1 aromatic rings. The average Bonchev–Trinajstić information content (AvgIpc) is 2.33. The van der Waals surface area contributed by atoms with Gasteiger partial charge in [0.1, 0.15) is 5.82 Å². The van der Waals surface area contributed by atoms with Crippen LogP contribution < -0.4 is 5.32 Å². The van der Waals surface area contributed by atoms with Gasteiger partial charge >= 0.3 is 0 Å². The van der Waals surface area contributed by atoms with E-state index in [9.17, 15) is 5.11 Å². The lowest BCUT2D eigenvalue weighted by Gasteiger charge is -2.12. The number of pyridine rings is 1. The molecule has 90 valence electrons. The Labute approximate surface area is 96.7 Å². The third-order valence-corrected chi connectivity index (χ3v) is 2.14. The van der Waals surface area contributed by atoms with E-state index in [1.165, 1.54) is 0 Å². The number of nitrogens with zero attached hydrogens (tertiary/aromatic N) is 1. The molecule has 1 aromatic heterocycles. The summed E-state index contributed by atoms with van der Waals surface area (Å²) in [5, 5.41) is 12.6. The van der Waals surface area contributed by atoms with Crippen molar-refractivity contribution in [3.05, 3.63) is 24.4 Å². The van der Waals surface area contributed by atoms with Gasteiger partial charge in [-0.25, -0.2) is 4.98 Å². The lowest BCUT2D eigenvalue weighted by atomic mass is 10.3. The molecule has 1 atom stereocenters. The van der Waals surface area contributed by atoms with E-state index in [-0.39, 0.29) is 0 Å². The van der Waals surface area contributed by atoms with Crippen molar-refractivity contribution in [3.63, 3.8) is 0 Å². The largest absolute Gasteiger partial charge is 0.389 e. The number of aliphatic hydroxyl groups is 1. The first-order chi connectivity index (χ1) is 7.83. The van der Waals surface area contributed by atoms with Gasteiger partial charge in [0.25, 0.3) is 0 Å². The topological polar surface area (TPSA) is 54.4 Å². The van der Waals surface area contributed by atoms with E-state index < -0.39 is 6.10 Å². The fourth-order valence-electron chi connectivity index (χ4n) is 1.21.